The van der Waals surface area contributed by atoms with E-state index in [0.717, 1.165) is 11.3 Å². The van der Waals surface area contributed by atoms with Crippen molar-refractivity contribution in [2.45, 2.75) is 0 Å². The first kappa shape index (κ1) is 13.2. The molecule has 0 saturated heterocycles. The molecule has 0 amide bonds. The predicted octanol–water partition coefficient (Wildman–Crippen LogP) is 4.53. The Bertz CT molecular complexity index is 387. The second-order valence-electron chi connectivity index (χ2n) is 3.03. The summed E-state index contributed by atoms with van der Waals surface area (Å²) in [5.74, 6) is 0.901. The van der Waals surface area contributed by atoms with Crippen molar-refractivity contribution in [3.05, 3.63) is 54.8 Å². The summed E-state index contributed by atoms with van der Waals surface area (Å²) in [7, 11) is -6.00. The van der Waals surface area contributed by atoms with Gasteiger partial charge in [0.15, 0.2) is 0 Å². The lowest BCUT2D eigenvalue weighted by atomic mass is 10.2. The van der Waals surface area contributed by atoms with Crippen molar-refractivity contribution in [2.75, 3.05) is 0 Å². The van der Waals surface area contributed by atoms with Crippen molar-refractivity contribution < 1.29 is 21.7 Å². The molecule has 0 spiro atoms. The average molecular weight is 244 g/mol. The summed E-state index contributed by atoms with van der Waals surface area (Å²) >= 11 is 0. The van der Waals surface area contributed by atoms with E-state index >= 15 is 0 Å². The molecule has 0 aliphatic rings. The van der Waals surface area contributed by atoms with Crippen LogP contribution < -0.4 is 0 Å². The summed E-state index contributed by atoms with van der Waals surface area (Å²) in [5.41, 5.74) is 1.11. The van der Waals surface area contributed by atoms with Gasteiger partial charge in [-0.2, -0.15) is 0 Å². The zero-order valence-corrected chi connectivity index (χ0v) is 8.69. The molecule has 2 rings (SSSR count). The number of hydrogen-bond donors (Lipinski definition) is 0. The van der Waals surface area contributed by atoms with Gasteiger partial charge in [-0.05, 0) is 18.2 Å². The molecule has 0 unspecified atom stereocenters. The van der Waals surface area contributed by atoms with Crippen LogP contribution in [0.4, 0.5) is 17.3 Å². The van der Waals surface area contributed by atoms with Crippen LogP contribution in [0, 0.1) is 0 Å². The number of benzene rings is 1. The number of hydrogen-bond acceptors (Lipinski definition) is 0. The van der Waals surface area contributed by atoms with Crippen LogP contribution in [0.3, 0.4) is 0 Å². The molecule has 17 heavy (non-hydrogen) atoms. The van der Waals surface area contributed by atoms with Gasteiger partial charge in [0.2, 0.25) is 0 Å². The topological polar surface area (TPSA) is 11.3 Å². The number of halogens is 4. The van der Waals surface area contributed by atoms with Crippen LogP contribution in [0.2, 0.25) is 0 Å². The third-order valence-corrected chi connectivity index (χ3v) is 1.69. The summed E-state index contributed by atoms with van der Waals surface area (Å²) in [6.07, 6.45) is 1.68. The quantitative estimate of drug-likeness (QED) is 0.407. The van der Waals surface area contributed by atoms with Gasteiger partial charge in [0.1, 0.15) is 0 Å². The fraction of sp³-hybridized carbons (Fsp3) is 0. The SMILES string of the molecule is F[B-](F)(F)F.c1ccc(-c2cccc[o+]2)cc1. The van der Waals surface area contributed by atoms with Crippen molar-refractivity contribution >= 4 is 7.25 Å². The van der Waals surface area contributed by atoms with Gasteiger partial charge in [0.25, 0.3) is 0 Å². The van der Waals surface area contributed by atoms with Crippen LogP contribution >= 0.6 is 0 Å². The molecule has 1 aromatic heterocycles. The molecule has 6 heteroatoms. The Morgan fingerprint density at radius 2 is 1.29 bits per heavy atom. The van der Waals surface area contributed by atoms with Gasteiger partial charge in [-0.1, -0.05) is 18.2 Å². The van der Waals surface area contributed by atoms with Gasteiger partial charge >= 0.3 is 19.3 Å². The lowest BCUT2D eigenvalue weighted by Crippen LogP contribution is -2.02. The highest BCUT2D eigenvalue weighted by Gasteiger charge is 2.20. The fourth-order valence-electron chi connectivity index (χ4n) is 1.11. The average Bonchev–Trinajstić information content (AvgIpc) is 2.29. The van der Waals surface area contributed by atoms with Crippen LogP contribution in [0.1, 0.15) is 0 Å². The van der Waals surface area contributed by atoms with E-state index in [9.17, 15) is 17.3 Å². The molecule has 0 bridgehead atoms. The van der Waals surface area contributed by atoms with E-state index in [1.807, 2.05) is 48.5 Å². The molecule has 1 nitrogen and oxygen atoms in total. The summed E-state index contributed by atoms with van der Waals surface area (Å²) < 4.78 is 44.3. The monoisotopic (exact) mass is 244 g/mol. The highest BCUT2D eigenvalue weighted by Crippen LogP contribution is 2.17. The van der Waals surface area contributed by atoms with Crippen LogP contribution in [0.5, 0.6) is 0 Å². The largest absolute Gasteiger partial charge is 0.673 e. The van der Waals surface area contributed by atoms with Crippen molar-refractivity contribution in [3.63, 3.8) is 0 Å². The van der Waals surface area contributed by atoms with E-state index < -0.39 is 7.25 Å². The van der Waals surface area contributed by atoms with E-state index in [1.54, 1.807) is 6.26 Å². The first-order chi connectivity index (χ1) is 7.97. The molecule has 0 atom stereocenters. The van der Waals surface area contributed by atoms with E-state index in [1.165, 1.54) is 0 Å². The Kier molecular flexibility index (Phi) is 4.69. The fourth-order valence-corrected chi connectivity index (χ4v) is 1.11. The zero-order chi connectivity index (χ0) is 12.7. The predicted molar refractivity (Wildman–Crippen MR) is 58.7 cm³/mol. The normalized spacial score (nSPS) is 10.4. The van der Waals surface area contributed by atoms with Crippen molar-refractivity contribution in [1.82, 2.24) is 0 Å². The molecule has 0 fully saturated rings. The lowest BCUT2D eigenvalue weighted by molar-refractivity contribution is 0.368. The van der Waals surface area contributed by atoms with Crippen molar-refractivity contribution in [1.29, 1.82) is 0 Å². The maximum atomic E-state index is 9.75. The third-order valence-electron chi connectivity index (χ3n) is 1.69. The minimum Gasteiger partial charge on any atom is -0.418 e. The van der Waals surface area contributed by atoms with Gasteiger partial charge in [0.05, 0.1) is 5.56 Å². The summed E-state index contributed by atoms with van der Waals surface area (Å²) in [6.45, 7) is 0. The second-order valence-corrected chi connectivity index (χ2v) is 3.03. The standard InChI is InChI=1S/C11H9O.BF4/c1-2-6-10(7-3-1)11-8-4-5-9-12-11;2-1(3,4)5/h1-9H;/q+1;-1. The first-order valence-electron chi connectivity index (χ1n) is 4.76. The Labute approximate surface area is 95.8 Å². The Morgan fingerprint density at radius 3 is 1.76 bits per heavy atom. The molecular formula is C11H9BF4O. The van der Waals surface area contributed by atoms with E-state index in [-0.39, 0.29) is 0 Å². The third kappa shape index (κ3) is 6.34. The van der Waals surface area contributed by atoms with Crippen LogP contribution in [0.25, 0.3) is 11.3 Å². The molecule has 2 aromatic rings. The lowest BCUT2D eigenvalue weighted by Gasteiger charge is -1.94. The molecule has 0 saturated carbocycles. The second kappa shape index (κ2) is 6.03. The van der Waals surface area contributed by atoms with Gasteiger partial charge in [0, 0.05) is 12.1 Å². The smallest absolute Gasteiger partial charge is 0.418 e. The Balaban J connectivity index is 0.000000249. The zero-order valence-electron chi connectivity index (χ0n) is 8.69. The van der Waals surface area contributed by atoms with E-state index in [0.29, 0.717) is 0 Å². The van der Waals surface area contributed by atoms with Crippen molar-refractivity contribution in [3.8, 4) is 11.3 Å². The molecule has 0 N–H and O–H groups in total. The van der Waals surface area contributed by atoms with Crippen LogP contribution in [-0.2, 0) is 0 Å². The van der Waals surface area contributed by atoms with E-state index in [4.69, 9.17) is 4.42 Å². The summed E-state index contributed by atoms with van der Waals surface area (Å²) in [5, 5.41) is 0. The molecule has 1 heterocycles. The van der Waals surface area contributed by atoms with Crippen molar-refractivity contribution in [2.24, 2.45) is 0 Å². The molecule has 90 valence electrons. The van der Waals surface area contributed by atoms with Gasteiger partial charge in [-0.15, -0.1) is 0 Å². The molecular weight excluding hydrogens is 235 g/mol. The highest BCUT2D eigenvalue weighted by atomic mass is 19.5. The van der Waals surface area contributed by atoms with Crippen LogP contribution in [0.15, 0.2) is 59.2 Å². The maximum absolute atomic E-state index is 9.75. The van der Waals surface area contributed by atoms with E-state index in [2.05, 4.69) is 0 Å². The minimum atomic E-state index is -6.00. The van der Waals surface area contributed by atoms with Gasteiger partial charge in [-0.25, -0.2) is 4.42 Å². The summed E-state index contributed by atoms with van der Waals surface area (Å²) in [4.78, 5) is 0. The number of rotatable bonds is 1. The first-order valence-corrected chi connectivity index (χ1v) is 4.76. The molecule has 0 aliphatic carbocycles. The van der Waals surface area contributed by atoms with Crippen LogP contribution in [-0.4, -0.2) is 7.25 Å². The molecule has 0 aliphatic heterocycles. The molecule has 0 radical (unpaired) electrons. The maximum Gasteiger partial charge on any atom is 0.673 e. The van der Waals surface area contributed by atoms with Gasteiger partial charge < -0.3 is 17.3 Å². The Hall–Kier alpha value is -1.85. The minimum absolute atomic E-state index is 0.901. The Morgan fingerprint density at radius 1 is 0.765 bits per heavy atom. The molecule has 1 aromatic carbocycles. The summed E-state index contributed by atoms with van der Waals surface area (Å²) in [6, 6.07) is 15.8. The highest BCUT2D eigenvalue weighted by molar-refractivity contribution is 6.50. The van der Waals surface area contributed by atoms with Gasteiger partial charge in [-0.3, -0.25) is 0 Å².